The van der Waals surface area contributed by atoms with Crippen molar-refractivity contribution >= 4 is 26.8 Å². The second-order valence-corrected chi connectivity index (χ2v) is 6.49. The second-order valence-electron chi connectivity index (χ2n) is 3.17. The Kier molecular flexibility index (Phi) is 4.97. The van der Waals surface area contributed by atoms with Crippen molar-refractivity contribution in [2.45, 2.75) is 4.90 Å². The zero-order chi connectivity index (χ0) is 12.9. The van der Waals surface area contributed by atoms with Crippen LogP contribution in [0, 0.1) is 0 Å². The predicted octanol–water partition coefficient (Wildman–Crippen LogP) is -0.825. The van der Waals surface area contributed by atoms with Gasteiger partial charge in [0.25, 0.3) is 0 Å². The molecule has 1 aromatic rings. The Balaban J connectivity index is 2.72. The molecule has 1 atom stereocenters. The average molecular weight is 278 g/mol. The molecule has 1 unspecified atom stereocenters. The van der Waals surface area contributed by atoms with Gasteiger partial charge in [-0.2, -0.15) is 0 Å². The van der Waals surface area contributed by atoms with Crippen LogP contribution in [0.4, 0.5) is 5.95 Å². The van der Waals surface area contributed by atoms with Crippen LogP contribution in [0.25, 0.3) is 0 Å². The van der Waals surface area contributed by atoms with E-state index in [-0.39, 0.29) is 17.2 Å². The summed E-state index contributed by atoms with van der Waals surface area (Å²) in [7, 11) is -3.01. The Bertz CT molecular complexity index is 486. The van der Waals surface area contributed by atoms with Crippen molar-refractivity contribution in [3.05, 3.63) is 12.4 Å². The van der Waals surface area contributed by atoms with Gasteiger partial charge in [0.15, 0.2) is 0 Å². The molecule has 9 heteroatoms. The molecule has 0 saturated carbocycles. The summed E-state index contributed by atoms with van der Waals surface area (Å²) < 4.78 is 36.5. The highest BCUT2D eigenvalue weighted by Gasteiger charge is 2.14. The van der Waals surface area contributed by atoms with E-state index in [0.29, 0.717) is 5.95 Å². The summed E-state index contributed by atoms with van der Waals surface area (Å²) in [5.41, 5.74) is 0. The van der Waals surface area contributed by atoms with Gasteiger partial charge in [-0.3, -0.25) is 4.21 Å². The Morgan fingerprint density at radius 1 is 1.35 bits per heavy atom. The van der Waals surface area contributed by atoms with Gasteiger partial charge in [-0.1, -0.05) is 0 Å². The van der Waals surface area contributed by atoms with E-state index >= 15 is 0 Å². The first-order valence-corrected chi connectivity index (χ1v) is 7.96. The SMILES string of the molecule is CNc1ncc(S(=O)(=O)NCCS(C)=O)cn1. The van der Waals surface area contributed by atoms with Gasteiger partial charge in [0.05, 0.1) is 12.4 Å². The Morgan fingerprint density at radius 2 is 1.94 bits per heavy atom. The van der Waals surface area contributed by atoms with Crippen LogP contribution in [0.2, 0.25) is 0 Å². The number of nitrogens with zero attached hydrogens (tertiary/aromatic N) is 2. The molecule has 17 heavy (non-hydrogen) atoms. The Labute approximate surface area is 103 Å². The molecule has 1 rings (SSSR count). The van der Waals surface area contributed by atoms with Gasteiger partial charge < -0.3 is 5.32 Å². The van der Waals surface area contributed by atoms with Crippen molar-refractivity contribution in [3.8, 4) is 0 Å². The van der Waals surface area contributed by atoms with Gasteiger partial charge in [0.2, 0.25) is 16.0 Å². The minimum absolute atomic E-state index is 0.0154. The van der Waals surface area contributed by atoms with Gasteiger partial charge in [0, 0.05) is 36.4 Å². The number of rotatable bonds is 6. The molecule has 0 radical (unpaired) electrons. The normalized spacial score (nSPS) is 13.3. The summed E-state index contributed by atoms with van der Waals surface area (Å²) in [6, 6.07) is 0. The van der Waals surface area contributed by atoms with Gasteiger partial charge in [-0.25, -0.2) is 23.1 Å². The molecule has 0 aliphatic carbocycles. The van der Waals surface area contributed by atoms with Crippen molar-refractivity contribution in [1.82, 2.24) is 14.7 Å². The fourth-order valence-electron chi connectivity index (χ4n) is 0.987. The highest BCUT2D eigenvalue weighted by atomic mass is 32.2. The third-order valence-electron chi connectivity index (χ3n) is 1.84. The highest BCUT2D eigenvalue weighted by molar-refractivity contribution is 7.89. The Morgan fingerprint density at radius 3 is 2.41 bits per heavy atom. The van der Waals surface area contributed by atoms with Gasteiger partial charge >= 0.3 is 0 Å². The molecule has 0 aliphatic rings. The monoisotopic (exact) mass is 278 g/mol. The molecule has 1 aromatic heterocycles. The summed E-state index contributed by atoms with van der Waals surface area (Å²) in [6.45, 7) is 0.124. The highest BCUT2D eigenvalue weighted by Crippen LogP contribution is 2.06. The second kappa shape index (κ2) is 6.03. The summed E-state index contributed by atoms with van der Waals surface area (Å²) in [6.07, 6.45) is 3.94. The van der Waals surface area contributed by atoms with Gasteiger partial charge in [0.1, 0.15) is 4.90 Å². The van der Waals surface area contributed by atoms with Crippen molar-refractivity contribution in [2.75, 3.05) is 30.9 Å². The molecular weight excluding hydrogens is 264 g/mol. The van der Waals surface area contributed by atoms with Crippen LogP contribution in [0.3, 0.4) is 0 Å². The molecule has 0 spiro atoms. The lowest BCUT2D eigenvalue weighted by molar-refractivity contribution is 0.583. The third-order valence-corrected chi connectivity index (χ3v) is 4.04. The molecule has 1 heterocycles. The maximum Gasteiger partial charge on any atom is 0.243 e. The van der Waals surface area contributed by atoms with Crippen LogP contribution >= 0.6 is 0 Å². The summed E-state index contributed by atoms with van der Waals surface area (Å²) >= 11 is 0. The third kappa shape index (κ3) is 4.36. The fourth-order valence-corrected chi connectivity index (χ4v) is 2.43. The van der Waals surface area contributed by atoms with Crippen molar-refractivity contribution in [1.29, 1.82) is 0 Å². The maximum atomic E-state index is 11.7. The number of hydrogen-bond acceptors (Lipinski definition) is 6. The Hall–Kier alpha value is -1.06. The lowest BCUT2D eigenvalue weighted by atomic mass is 10.7. The molecule has 0 fully saturated rings. The molecule has 96 valence electrons. The average Bonchev–Trinajstić information content (AvgIpc) is 2.28. The van der Waals surface area contributed by atoms with Crippen LogP contribution in [-0.2, 0) is 20.8 Å². The van der Waals surface area contributed by atoms with Crippen molar-refractivity contribution < 1.29 is 12.6 Å². The predicted molar refractivity (Wildman–Crippen MR) is 65.7 cm³/mol. The number of anilines is 1. The molecule has 2 N–H and O–H groups in total. The number of nitrogens with one attached hydrogen (secondary N) is 2. The van der Waals surface area contributed by atoms with E-state index < -0.39 is 20.8 Å². The minimum Gasteiger partial charge on any atom is -0.357 e. The zero-order valence-electron chi connectivity index (χ0n) is 9.50. The lowest BCUT2D eigenvalue weighted by Gasteiger charge is -2.05. The quantitative estimate of drug-likeness (QED) is 0.704. The first kappa shape index (κ1) is 14.0. The van der Waals surface area contributed by atoms with E-state index in [0.717, 1.165) is 0 Å². The molecule has 7 nitrogen and oxygen atoms in total. The summed E-state index contributed by atoms with van der Waals surface area (Å²) in [5.74, 6) is 0.618. The standard InChI is InChI=1S/C8H14N4O3S2/c1-9-8-10-5-7(6-11-8)17(14,15)12-3-4-16(2)13/h5-6,12H,3-4H2,1-2H3,(H,9,10,11). The fraction of sp³-hybridized carbons (Fsp3) is 0.500. The molecule has 0 bridgehead atoms. The topological polar surface area (TPSA) is 101 Å². The zero-order valence-corrected chi connectivity index (χ0v) is 11.1. The van der Waals surface area contributed by atoms with Crippen molar-refractivity contribution in [3.63, 3.8) is 0 Å². The van der Waals surface area contributed by atoms with Crippen LogP contribution < -0.4 is 10.0 Å². The first-order valence-electron chi connectivity index (χ1n) is 4.75. The van der Waals surface area contributed by atoms with Crippen LogP contribution in [-0.4, -0.2) is 48.2 Å². The first-order chi connectivity index (χ1) is 7.95. The summed E-state index contributed by atoms with van der Waals surface area (Å²) in [4.78, 5) is 7.60. The maximum absolute atomic E-state index is 11.7. The van der Waals surface area contributed by atoms with E-state index in [9.17, 15) is 12.6 Å². The van der Waals surface area contributed by atoms with Crippen LogP contribution in [0.5, 0.6) is 0 Å². The number of hydrogen-bond donors (Lipinski definition) is 2. The molecule has 0 aromatic carbocycles. The molecule has 0 saturated heterocycles. The van der Waals surface area contributed by atoms with Gasteiger partial charge in [-0.15, -0.1) is 0 Å². The van der Waals surface area contributed by atoms with E-state index in [1.54, 1.807) is 7.05 Å². The van der Waals surface area contributed by atoms with Crippen LogP contribution in [0.15, 0.2) is 17.3 Å². The minimum atomic E-state index is -3.62. The van der Waals surface area contributed by atoms with Crippen molar-refractivity contribution in [2.24, 2.45) is 0 Å². The van der Waals surface area contributed by atoms with E-state index in [4.69, 9.17) is 0 Å². The van der Waals surface area contributed by atoms with E-state index in [1.807, 2.05) is 0 Å². The molecule has 0 aliphatic heterocycles. The largest absolute Gasteiger partial charge is 0.357 e. The number of aromatic nitrogens is 2. The molecular formula is C8H14N4O3S2. The van der Waals surface area contributed by atoms with Crippen LogP contribution in [0.1, 0.15) is 0 Å². The lowest BCUT2D eigenvalue weighted by Crippen LogP contribution is -2.28. The van der Waals surface area contributed by atoms with Gasteiger partial charge in [-0.05, 0) is 0 Å². The van der Waals surface area contributed by atoms with E-state index in [2.05, 4.69) is 20.0 Å². The smallest absolute Gasteiger partial charge is 0.243 e. The summed E-state index contributed by atoms with van der Waals surface area (Å²) in [5, 5.41) is 2.69. The number of sulfonamides is 1. The van der Waals surface area contributed by atoms with E-state index in [1.165, 1.54) is 18.6 Å². The molecule has 0 amide bonds.